The molecule has 1 amide bonds. The van der Waals surface area contributed by atoms with E-state index in [0.29, 0.717) is 12.6 Å². The van der Waals surface area contributed by atoms with E-state index in [1.807, 2.05) is 0 Å². The molecule has 0 radical (unpaired) electrons. The van der Waals surface area contributed by atoms with Crippen molar-refractivity contribution in [2.24, 2.45) is 7.05 Å². The van der Waals surface area contributed by atoms with Gasteiger partial charge in [-0.3, -0.25) is 4.79 Å². The molecule has 0 spiro atoms. The van der Waals surface area contributed by atoms with Crippen molar-refractivity contribution in [1.29, 1.82) is 0 Å². The number of hydrogen-bond donors (Lipinski definition) is 2. The number of hydrogen-bond acceptors (Lipinski definition) is 4. The first-order chi connectivity index (χ1) is 11.9. The average Bonchev–Trinajstić information content (AvgIpc) is 2.89. The summed E-state index contributed by atoms with van der Waals surface area (Å²) >= 11 is 5.71. The van der Waals surface area contributed by atoms with E-state index in [2.05, 4.69) is 10.3 Å². The number of carbonyl (C=O) groups excluding carboxylic acids is 1. The predicted molar refractivity (Wildman–Crippen MR) is 88.5 cm³/mol. The van der Waals surface area contributed by atoms with Crippen LogP contribution in [0.4, 0.5) is 18.9 Å². The maximum absolute atomic E-state index is 12.6. The van der Waals surface area contributed by atoms with Gasteiger partial charge in [0, 0.05) is 25.1 Å². The van der Waals surface area contributed by atoms with Crippen molar-refractivity contribution in [3.63, 3.8) is 0 Å². The molecule has 0 aliphatic heterocycles. The number of sulfonamides is 1. The van der Waals surface area contributed by atoms with Gasteiger partial charge in [0.05, 0.1) is 0 Å². The Labute approximate surface area is 152 Å². The van der Waals surface area contributed by atoms with E-state index in [9.17, 15) is 26.4 Å². The van der Waals surface area contributed by atoms with Crippen LogP contribution in [0.25, 0.3) is 0 Å². The number of rotatable bonds is 5. The molecule has 0 aliphatic carbocycles. The van der Waals surface area contributed by atoms with Crippen LogP contribution in [0.3, 0.4) is 0 Å². The van der Waals surface area contributed by atoms with Crippen LogP contribution in [0.5, 0.6) is 0 Å². The summed E-state index contributed by atoms with van der Waals surface area (Å²) in [5.74, 6) is -0.667. The average molecular weight is 411 g/mol. The van der Waals surface area contributed by atoms with E-state index in [0.717, 1.165) is 12.3 Å². The van der Waals surface area contributed by atoms with Crippen LogP contribution < -0.4 is 10.0 Å². The van der Waals surface area contributed by atoms with Crippen molar-refractivity contribution in [2.45, 2.75) is 24.0 Å². The third-order valence-electron chi connectivity index (χ3n) is 3.33. The van der Waals surface area contributed by atoms with Crippen molar-refractivity contribution < 1.29 is 26.4 Å². The lowest BCUT2D eigenvalue weighted by Crippen LogP contribution is -2.42. The first-order valence-electron chi connectivity index (χ1n) is 7.08. The van der Waals surface area contributed by atoms with Gasteiger partial charge in [-0.15, -0.1) is 0 Å². The Hall–Kier alpha value is -2.11. The lowest BCUT2D eigenvalue weighted by Gasteiger charge is -2.16. The largest absolute Gasteiger partial charge is 0.404 e. The molecule has 7 nitrogen and oxygen atoms in total. The Morgan fingerprint density at radius 1 is 1.35 bits per heavy atom. The van der Waals surface area contributed by atoms with Gasteiger partial charge in [0.15, 0.2) is 0 Å². The predicted octanol–water partition coefficient (Wildman–Crippen LogP) is 2.55. The standard InChI is InChI=1S/C14H14ClF3N4O3S/c1-8(14(16,17)18)21-26(24,25)10-6-11(22(2)7-10)13(23)20-9-3-4-19-12(15)5-9/h3-8,21H,1-2H3,(H,19,20,23). The lowest BCUT2D eigenvalue weighted by atomic mass is 10.3. The molecule has 2 N–H and O–H groups in total. The van der Waals surface area contributed by atoms with Crippen molar-refractivity contribution >= 4 is 33.2 Å². The Balaban J connectivity index is 2.24. The van der Waals surface area contributed by atoms with Gasteiger partial charge in [-0.1, -0.05) is 11.6 Å². The maximum atomic E-state index is 12.6. The molecule has 2 aromatic rings. The van der Waals surface area contributed by atoms with Gasteiger partial charge in [0.2, 0.25) is 10.0 Å². The molecule has 12 heteroatoms. The van der Waals surface area contributed by atoms with Crippen LogP contribution in [0.15, 0.2) is 35.5 Å². The Bertz CT molecular complexity index is 928. The van der Waals surface area contributed by atoms with Crippen molar-refractivity contribution in [3.05, 3.63) is 41.4 Å². The van der Waals surface area contributed by atoms with Gasteiger partial charge < -0.3 is 9.88 Å². The molecule has 0 aromatic carbocycles. The second kappa shape index (κ2) is 7.25. The summed E-state index contributed by atoms with van der Waals surface area (Å²) in [5.41, 5.74) is 0.252. The first kappa shape index (κ1) is 20.2. The minimum absolute atomic E-state index is 0.0713. The lowest BCUT2D eigenvalue weighted by molar-refractivity contribution is -0.147. The highest BCUT2D eigenvalue weighted by Crippen LogP contribution is 2.22. The molecule has 2 heterocycles. The topological polar surface area (TPSA) is 93.1 Å². The molecule has 26 heavy (non-hydrogen) atoms. The summed E-state index contributed by atoms with van der Waals surface area (Å²) in [4.78, 5) is 15.6. The van der Waals surface area contributed by atoms with Crippen LogP contribution >= 0.6 is 11.6 Å². The summed E-state index contributed by atoms with van der Waals surface area (Å²) in [7, 11) is -3.07. The number of nitrogens with zero attached hydrogens (tertiary/aromatic N) is 2. The molecule has 2 aromatic heterocycles. The van der Waals surface area contributed by atoms with Crippen molar-refractivity contribution in [1.82, 2.24) is 14.3 Å². The van der Waals surface area contributed by atoms with Gasteiger partial charge in [0.25, 0.3) is 5.91 Å². The van der Waals surface area contributed by atoms with E-state index in [4.69, 9.17) is 11.6 Å². The zero-order valence-corrected chi connectivity index (χ0v) is 15.1. The second-order valence-corrected chi connectivity index (χ2v) is 7.48. The number of aryl methyl sites for hydroxylation is 1. The number of pyridine rings is 1. The summed E-state index contributed by atoms with van der Waals surface area (Å²) in [5, 5.41) is 2.63. The van der Waals surface area contributed by atoms with Gasteiger partial charge in [0.1, 0.15) is 21.8 Å². The quantitative estimate of drug-likeness (QED) is 0.741. The number of anilines is 1. The molecule has 0 saturated carbocycles. The molecule has 0 bridgehead atoms. The number of nitrogens with one attached hydrogen (secondary N) is 2. The van der Waals surface area contributed by atoms with E-state index >= 15 is 0 Å². The van der Waals surface area contributed by atoms with Gasteiger partial charge in [-0.25, -0.2) is 13.4 Å². The molecule has 142 valence electrons. The molecule has 0 fully saturated rings. The van der Waals surface area contributed by atoms with Crippen molar-refractivity contribution in [3.8, 4) is 0 Å². The zero-order chi connectivity index (χ0) is 19.7. The smallest absolute Gasteiger partial charge is 0.345 e. The number of alkyl halides is 3. The SMILES string of the molecule is CC(NS(=O)(=O)c1cc(C(=O)Nc2ccnc(Cl)c2)n(C)c1)C(F)(F)F. The van der Waals surface area contributed by atoms with Crippen molar-refractivity contribution in [2.75, 3.05) is 5.32 Å². The third-order valence-corrected chi connectivity index (χ3v) is 5.04. The molecule has 1 atom stereocenters. The third kappa shape index (κ3) is 4.74. The highest BCUT2D eigenvalue weighted by molar-refractivity contribution is 7.89. The Kier molecular flexibility index (Phi) is 5.64. The van der Waals surface area contributed by atoms with E-state index in [-0.39, 0.29) is 10.8 Å². The molecular formula is C14H14ClF3N4O3S. The van der Waals surface area contributed by atoms with Gasteiger partial charge >= 0.3 is 6.18 Å². The number of amides is 1. The maximum Gasteiger partial charge on any atom is 0.404 e. The molecule has 1 unspecified atom stereocenters. The number of halogens is 4. The van der Waals surface area contributed by atoms with E-state index in [1.165, 1.54) is 34.7 Å². The minimum atomic E-state index is -4.73. The van der Waals surface area contributed by atoms with E-state index < -0.39 is 33.0 Å². The minimum Gasteiger partial charge on any atom is -0.345 e. The summed E-state index contributed by atoms with van der Waals surface area (Å²) in [6.45, 7) is 0.682. The molecule has 0 aliphatic rings. The van der Waals surface area contributed by atoms with Crippen LogP contribution in [-0.4, -0.2) is 36.1 Å². The highest BCUT2D eigenvalue weighted by atomic mass is 35.5. The number of aromatic nitrogens is 2. The van der Waals surface area contributed by atoms with Crippen LogP contribution in [-0.2, 0) is 17.1 Å². The molecular weight excluding hydrogens is 397 g/mol. The van der Waals surface area contributed by atoms with Crippen LogP contribution in [0.2, 0.25) is 5.15 Å². The molecule has 2 rings (SSSR count). The van der Waals surface area contributed by atoms with Crippen LogP contribution in [0, 0.1) is 0 Å². The Morgan fingerprint density at radius 3 is 2.58 bits per heavy atom. The van der Waals surface area contributed by atoms with Gasteiger partial charge in [-0.05, 0) is 25.1 Å². The fourth-order valence-electron chi connectivity index (χ4n) is 1.95. The monoisotopic (exact) mass is 410 g/mol. The zero-order valence-electron chi connectivity index (χ0n) is 13.5. The fourth-order valence-corrected chi connectivity index (χ4v) is 3.42. The highest BCUT2D eigenvalue weighted by Gasteiger charge is 2.39. The van der Waals surface area contributed by atoms with Gasteiger partial charge in [-0.2, -0.15) is 17.9 Å². The summed E-state index contributed by atoms with van der Waals surface area (Å²) in [6, 6.07) is 1.55. The second-order valence-electron chi connectivity index (χ2n) is 5.38. The molecule has 0 saturated heterocycles. The summed E-state index contributed by atoms with van der Waals surface area (Å²) in [6.07, 6.45) is -2.33. The fraction of sp³-hybridized carbons (Fsp3) is 0.286. The summed E-state index contributed by atoms with van der Waals surface area (Å²) < 4.78 is 64.6. The van der Waals surface area contributed by atoms with E-state index in [1.54, 1.807) is 0 Å². The van der Waals surface area contributed by atoms with Crippen LogP contribution in [0.1, 0.15) is 17.4 Å². The Morgan fingerprint density at radius 2 is 2.00 bits per heavy atom. The normalized spacial score (nSPS) is 13.5. The number of carbonyl (C=O) groups is 1. The first-order valence-corrected chi connectivity index (χ1v) is 8.94.